The Kier molecular flexibility index (Phi) is 8.17. The van der Waals surface area contributed by atoms with Crippen LogP contribution in [0.3, 0.4) is 0 Å². The molecule has 0 spiro atoms. The second kappa shape index (κ2) is 11.7. The summed E-state index contributed by atoms with van der Waals surface area (Å²) in [5.41, 5.74) is 3.63. The largest absolute Gasteiger partial charge is 0.494 e. The number of rotatable bonds is 9. The molecule has 2 aromatic heterocycles. The van der Waals surface area contributed by atoms with Gasteiger partial charge < -0.3 is 25.0 Å². The van der Waals surface area contributed by atoms with Crippen LogP contribution in [0.2, 0.25) is 0 Å². The smallest absolute Gasteiger partial charge is 0.276 e. The van der Waals surface area contributed by atoms with Crippen molar-refractivity contribution in [3.63, 3.8) is 0 Å². The van der Waals surface area contributed by atoms with E-state index in [-0.39, 0.29) is 17.5 Å². The zero-order valence-electron chi connectivity index (χ0n) is 20.9. The molecule has 4 rings (SSSR count). The van der Waals surface area contributed by atoms with Crippen LogP contribution in [0, 0.1) is 0 Å². The van der Waals surface area contributed by atoms with Gasteiger partial charge in [0.25, 0.3) is 5.91 Å². The molecule has 3 heterocycles. The van der Waals surface area contributed by atoms with Crippen LogP contribution in [0.5, 0.6) is 5.75 Å². The molecule has 1 fully saturated rings. The standard InChI is InChI=1S/C26H32N6O4/c1-4-6-19-15-22(23(17-24(19)36-5-2)31-11-13-35-14-12-31)29-26(34)21-8-10-32(30-21)20-7-9-27-25(16-20)28-18(3)33/h7-10,15-17H,4-6,11-14H2,1-3H3,(H,29,34)(H,27,28,33). The molecule has 0 saturated carbocycles. The maximum Gasteiger partial charge on any atom is 0.276 e. The number of aromatic nitrogens is 3. The molecule has 1 aliphatic rings. The fraction of sp³-hybridized carbons (Fsp3) is 0.385. The van der Waals surface area contributed by atoms with Crippen LogP contribution in [-0.4, -0.2) is 59.5 Å². The Hall–Kier alpha value is -3.92. The van der Waals surface area contributed by atoms with Crippen LogP contribution < -0.4 is 20.3 Å². The van der Waals surface area contributed by atoms with E-state index >= 15 is 0 Å². The molecule has 0 unspecified atom stereocenters. The topological polar surface area (TPSA) is 111 Å². The third-order valence-electron chi connectivity index (χ3n) is 5.73. The minimum Gasteiger partial charge on any atom is -0.494 e. The Morgan fingerprint density at radius 2 is 1.92 bits per heavy atom. The first-order chi connectivity index (χ1) is 17.5. The van der Waals surface area contributed by atoms with Crippen molar-refractivity contribution >= 4 is 29.0 Å². The number of morpholine rings is 1. The molecular formula is C26H32N6O4. The van der Waals surface area contributed by atoms with Gasteiger partial charge in [0, 0.05) is 44.5 Å². The van der Waals surface area contributed by atoms with E-state index in [2.05, 4.69) is 32.5 Å². The van der Waals surface area contributed by atoms with Crippen molar-refractivity contribution in [1.82, 2.24) is 14.8 Å². The van der Waals surface area contributed by atoms with Crippen molar-refractivity contribution in [2.24, 2.45) is 0 Å². The molecule has 3 aromatic rings. The minimum absolute atomic E-state index is 0.214. The number of amides is 2. The van der Waals surface area contributed by atoms with Crippen LogP contribution >= 0.6 is 0 Å². The summed E-state index contributed by atoms with van der Waals surface area (Å²) in [7, 11) is 0. The highest BCUT2D eigenvalue weighted by atomic mass is 16.5. The third kappa shape index (κ3) is 6.01. The Balaban J connectivity index is 1.61. The Morgan fingerprint density at radius 3 is 2.64 bits per heavy atom. The SMILES string of the molecule is CCCc1cc(NC(=O)c2ccn(-c3ccnc(NC(C)=O)c3)n2)c(N2CCOCC2)cc1OCC. The van der Waals surface area contributed by atoms with E-state index in [1.165, 1.54) is 6.92 Å². The van der Waals surface area contributed by atoms with E-state index in [4.69, 9.17) is 9.47 Å². The van der Waals surface area contributed by atoms with Gasteiger partial charge in [-0.25, -0.2) is 9.67 Å². The van der Waals surface area contributed by atoms with E-state index in [0.717, 1.165) is 48.6 Å². The Morgan fingerprint density at radius 1 is 1.11 bits per heavy atom. The number of anilines is 3. The average molecular weight is 493 g/mol. The van der Waals surface area contributed by atoms with Gasteiger partial charge in [-0.2, -0.15) is 5.10 Å². The lowest BCUT2D eigenvalue weighted by molar-refractivity contribution is -0.114. The summed E-state index contributed by atoms with van der Waals surface area (Å²) < 4.78 is 13.0. The van der Waals surface area contributed by atoms with Crippen LogP contribution in [0.25, 0.3) is 5.69 Å². The highest BCUT2D eigenvalue weighted by Gasteiger charge is 2.21. The van der Waals surface area contributed by atoms with Crippen molar-refractivity contribution < 1.29 is 19.1 Å². The second-order valence-corrected chi connectivity index (χ2v) is 8.44. The summed E-state index contributed by atoms with van der Waals surface area (Å²) in [4.78, 5) is 30.9. The number of nitrogens with zero attached hydrogens (tertiary/aromatic N) is 4. The fourth-order valence-corrected chi connectivity index (χ4v) is 4.12. The van der Waals surface area contributed by atoms with Gasteiger partial charge in [0.2, 0.25) is 5.91 Å². The van der Waals surface area contributed by atoms with Crippen molar-refractivity contribution in [1.29, 1.82) is 0 Å². The monoisotopic (exact) mass is 492 g/mol. The van der Waals surface area contributed by atoms with Gasteiger partial charge in [-0.15, -0.1) is 0 Å². The van der Waals surface area contributed by atoms with Gasteiger partial charge in [-0.3, -0.25) is 9.59 Å². The zero-order valence-corrected chi connectivity index (χ0v) is 20.9. The van der Waals surface area contributed by atoms with Gasteiger partial charge in [0.15, 0.2) is 5.69 Å². The first-order valence-electron chi connectivity index (χ1n) is 12.2. The van der Waals surface area contributed by atoms with Crippen molar-refractivity contribution in [2.45, 2.75) is 33.6 Å². The van der Waals surface area contributed by atoms with Crippen molar-refractivity contribution in [3.05, 3.63) is 54.0 Å². The molecule has 1 aromatic carbocycles. The number of ether oxygens (including phenoxy) is 2. The van der Waals surface area contributed by atoms with E-state index in [9.17, 15) is 9.59 Å². The minimum atomic E-state index is -0.314. The number of hydrogen-bond acceptors (Lipinski definition) is 7. The number of pyridine rings is 1. The third-order valence-corrected chi connectivity index (χ3v) is 5.73. The van der Waals surface area contributed by atoms with Crippen LogP contribution in [0.4, 0.5) is 17.2 Å². The normalized spacial score (nSPS) is 13.4. The van der Waals surface area contributed by atoms with Gasteiger partial charge >= 0.3 is 0 Å². The lowest BCUT2D eigenvalue weighted by atomic mass is 10.1. The number of benzene rings is 1. The Labute approximate surface area is 210 Å². The van der Waals surface area contributed by atoms with Gasteiger partial charge in [-0.05, 0) is 37.1 Å². The molecule has 0 radical (unpaired) electrons. The first kappa shape index (κ1) is 25.2. The highest BCUT2D eigenvalue weighted by Crippen LogP contribution is 2.35. The first-order valence-corrected chi connectivity index (χ1v) is 12.2. The van der Waals surface area contributed by atoms with E-state index < -0.39 is 0 Å². The number of hydrogen-bond donors (Lipinski definition) is 2. The van der Waals surface area contributed by atoms with Crippen LogP contribution in [-0.2, 0) is 16.0 Å². The quantitative estimate of drug-likeness (QED) is 0.469. The van der Waals surface area contributed by atoms with Crippen LogP contribution in [0.1, 0.15) is 43.2 Å². The molecule has 2 N–H and O–H groups in total. The summed E-state index contributed by atoms with van der Waals surface area (Å²) >= 11 is 0. The van der Waals surface area contributed by atoms with E-state index in [1.54, 1.807) is 35.3 Å². The molecular weight excluding hydrogens is 460 g/mol. The van der Waals surface area contributed by atoms with E-state index in [1.807, 2.05) is 19.1 Å². The molecule has 10 heteroatoms. The van der Waals surface area contributed by atoms with Gasteiger partial charge in [0.1, 0.15) is 11.6 Å². The fourth-order valence-electron chi connectivity index (χ4n) is 4.12. The molecule has 36 heavy (non-hydrogen) atoms. The number of nitrogens with one attached hydrogen (secondary N) is 2. The summed E-state index contributed by atoms with van der Waals surface area (Å²) in [5, 5.41) is 10.2. The number of carbonyl (C=O) groups is 2. The van der Waals surface area contributed by atoms with E-state index in [0.29, 0.717) is 31.3 Å². The molecule has 10 nitrogen and oxygen atoms in total. The zero-order chi connectivity index (χ0) is 25.5. The lowest BCUT2D eigenvalue weighted by Gasteiger charge is -2.31. The van der Waals surface area contributed by atoms with Crippen LogP contribution in [0.15, 0.2) is 42.7 Å². The highest BCUT2D eigenvalue weighted by molar-refractivity contribution is 6.05. The van der Waals surface area contributed by atoms with Crippen molar-refractivity contribution in [3.8, 4) is 11.4 Å². The predicted octanol–water partition coefficient (Wildman–Crippen LogP) is 3.67. The van der Waals surface area contributed by atoms with Crippen molar-refractivity contribution in [2.75, 3.05) is 48.4 Å². The maximum absolute atomic E-state index is 13.3. The average Bonchev–Trinajstić information content (AvgIpc) is 3.37. The maximum atomic E-state index is 13.3. The van der Waals surface area contributed by atoms with Gasteiger partial charge in [0.05, 0.1) is 36.9 Å². The summed E-state index contributed by atoms with van der Waals surface area (Å²) in [6.07, 6.45) is 5.08. The summed E-state index contributed by atoms with van der Waals surface area (Å²) in [6.45, 7) is 8.80. The number of carbonyl (C=O) groups excluding carboxylic acids is 2. The number of aryl methyl sites for hydroxylation is 1. The molecule has 190 valence electrons. The molecule has 0 aliphatic carbocycles. The summed E-state index contributed by atoms with van der Waals surface area (Å²) in [5.74, 6) is 0.727. The lowest BCUT2D eigenvalue weighted by Crippen LogP contribution is -2.37. The molecule has 0 atom stereocenters. The molecule has 1 saturated heterocycles. The molecule has 2 amide bonds. The second-order valence-electron chi connectivity index (χ2n) is 8.44. The summed E-state index contributed by atoms with van der Waals surface area (Å²) in [6, 6.07) is 9.13. The van der Waals surface area contributed by atoms with Gasteiger partial charge in [-0.1, -0.05) is 13.3 Å². The predicted molar refractivity (Wildman–Crippen MR) is 138 cm³/mol. The molecule has 0 bridgehead atoms. The molecule has 1 aliphatic heterocycles. The Bertz CT molecular complexity index is 1220.